The molecule has 1 aromatic carbocycles. The maximum Gasteiger partial charge on any atom is 0.400 e. The van der Waals surface area contributed by atoms with Gasteiger partial charge in [0.2, 0.25) is 0 Å². The zero-order valence-electron chi connectivity index (χ0n) is 6.76. The number of rotatable bonds is 0. The molecule has 0 atom stereocenters. The molecule has 4 nitrogen and oxygen atoms in total. The minimum Gasteiger partial charge on any atom is -0.243 e. The molecule has 70 valence electrons. The van der Waals surface area contributed by atoms with Crippen molar-refractivity contribution in [2.45, 2.75) is 13.2 Å². The lowest BCUT2D eigenvalue weighted by Gasteiger charge is -1.99. The Bertz CT molecular complexity index is 377. The van der Waals surface area contributed by atoms with Gasteiger partial charge in [0.1, 0.15) is 0 Å². The molecule has 0 radical (unpaired) electrons. The van der Waals surface area contributed by atoms with Crippen LogP contribution in [-0.2, 0) is 32.0 Å². The quantitative estimate of drug-likeness (QED) is 0.626. The third kappa shape index (κ3) is 1.88. The first-order chi connectivity index (χ1) is 6.17. The monoisotopic (exact) mass is 200 g/mol. The Morgan fingerprint density at radius 2 is 1.46 bits per heavy atom. The summed E-state index contributed by atoms with van der Waals surface area (Å²) >= 11 is 0. The van der Waals surface area contributed by atoms with E-state index in [4.69, 9.17) is 0 Å². The molecule has 0 aromatic heterocycles. The third-order valence-corrected chi connectivity index (χ3v) is 2.65. The van der Waals surface area contributed by atoms with Crippen LogP contribution in [0.15, 0.2) is 24.3 Å². The van der Waals surface area contributed by atoms with E-state index in [2.05, 4.69) is 8.37 Å². The first-order valence-electron chi connectivity index (χ1n) is 3.78. The summed E-state index contributed by atoms with van der Waals surface area (Å²) in [6.45, 7) is 0.108. The molecule has 1 aliphatic rings. The van der Waals surface area contributed by atoms with Gasteiger partial charge >= 0.3 is 10.4 Å². The Balaban J connectivity index is 2.37. The van der Waals surface area contributed by atoms with Crippen LogP contribution in [0.1, 0.15) is 11.1 Å². The van der Waals surface area contributed by atoms with Crippen LogP contribution in [0.5, 0.6) is 0 Å². The third-order valence-electron chi connectivity index (χ3n) is 1.84. The van der Waals surface area contributed by atoms with Gasteiger partial charge in [-0.25, -0.2) is 8.37 Å². The van der Waals surface area contributed by atoms with Gasteiger partial charge in [-0.15, -0.1) is 0 Å². The Hall–Kier alpha value is -0.910. The van der Waals surface area contributed by atoms with Crippen molar-refractivity contribution in [2.75, 3.05) is 0 Å². The molecule has 1 heterocycles. The smallest absolute Gasteiger partial charge is 0.243 e. The summed E-state index contributed by atoms with van der Waals surface area (Å²) in [4.78, 5) is 0. The first kappa shape index (κ1) is 8.68. The molecule has 5 heteroatoms. The predicted molar refractivity (Wildman–Crippen MR) is 44.9 cm³/mol. The van der Waals surface area contributed by atoms with Crippen molar-refractivity contribution in [3.05, 3.63) is 35.4 Å². The standard InChI is InChI=1S/C8H8O4S/c9-13(10)11-5-7-3-1-2-4-8(7)6-12-13/h1-4H,5-6H2. The summed E-state index contributed by atoms with van der Waals surface area (Å²) in [5, 5.41) is 0. The summed E-state index contributed by atoms with van der Waals surface area (Å²) < 4.78 is 30.9. The Labute approximate surface area is 76.4 Å². The highest BCUT2D eigenvalue weighted by atomic mass is 32.3. The molecular weight excluding hydrogens is 192 g/mol. The maximum absolute atomic E-state index is 10.9. The summed E-state index contributed by atoms with van der Waals surface area (Å²) in [5.74, 6) is 0. The number of benzene rings is 1. The summed E-state index contributed by atoms with van der Waals surface area (Å²) in [6.07, 6.45) is 0. The Morgan fingerprint density at radius 1 is 1.00 bits per heavy atom. The highest BCUT2D eigenvalue weighted by Crippen LogP contribution is 2.18. The van der Waals surface area contributed by atoms with Crippen LogP contribution in [0, 0.1) is 0 Å². The number of hydrogen-bond donors (Lipinski definition) is 0. The maximum atomic E-state index is 10.9. The Morgan fingerprint density at radius 3 is 1.92 bits per heavy atom. The summed E-state index contributed by atoms with van der Waals surface area (Å²) in [5.41, 5.74) is 1.70. The minimum absolute atomic E-state index is 0.0541. The van der Waals surface area contributed by atoms with Crippen LogP contribution >= 0.6 is 0 Å². The van der Waals surface area contributed by atoms with Crippen LogP contribution in [0.25, 0.3) is 0 Å². The lowest BCUT2D eigenvalue weighted by Crippen LogP contribution is -2.05. The van der Waals surface area contributed by atoms with Gasteiger partial charge in [0.05, 0.1) is 13.2 Å². The topological polar surface area (TPSA) is 52.6 Å². The molecular formula is C8H8O4S. The van der Waals surface area contributed by atoms with E-state index in [1.807, 2.05) is 24.3 Å². The van der Waals surface area contributed by atoms with Gasteiger partial charge in [-0.05, 0) is 11.1 Å². The molecule has 0 N–H and O–H groups in total. The molecule has 0 saturated heterocycles. The molecule has 0 aliphatic carbocycles. The fourth-order valence-electron chi connectivity index (χ4n) is 1.14. The zero-order valence-corrected chi connectivity index (χ0v) is 7.58. The van der Waals surface area contributed by atoms with E-state index in [1.54, 1.807) is 0 Å². The van der Waals surface area contributed by atoms with E-state index in [-0.39, 0.29) is 13.2 Å². The van der Waals surface area contributed by atoms with E-state index in [1.165, 1.54) is 0 Å². The van der Waals surface area contributed by atoms with Crippen molar-refractivity contribution in [3.63, 3.8) is 0 Å². The molecule has 0 spiro atoms. The SMILES string of the molecule is O=S1(=O)OCc2ccccc2CO1. The second kappa shape index (κ2) is 3.10. The normalized spacial score (nSPS) is 20.3. The average molecular weight is 200 g/mol. The van der Waals surface area contributed by atoms with Crippen molar-refractivity contribution in [2.24, 2.45) is 0 Å². The zero-order chi connectivity index (χ0) is 9.31. The highest BCUT2D eigenvalue weighted by molar-refractivity contribution is 7.81. The lowest BCUT2D eigenvalue weighted by atomic mass is 10.1. The van der Waals surface area contributed by atoms with Crippen LogP contribution in [0.4, 0.5) is 0 Å². The molecule has 0 bridgehead atoms. The molecule has 1 aromatic rings. The minimum atomic E-state index is -3.79. The van der Waals surface area contributed by atoms with Gasteiger partial charge in [0, 0.05) is 0 Å². The van der Waals surface area contributed by atoms with Crippen molar-refractivity contribution in [3.8, 4) is 0 Å². The van der Waals surface area contributed by atoms with Gasteiger partial charge in [-0.2, -0.15) is 8.42 Å². The fourth-order valence-corrected chi connectivity index (χ4v) is 1.76. The lowest BCUT2D eigenvalue weighted by molar-refractivity contribution is 0.217. The number of fused-ring (bicyclic) bond motifs is 1. The van der Waals surface area contributed by atoms with E-state index in [0.717, 1.165) is 11.1 Å². The van der Waals surface area contributed by atoms with E-state index in [0.29, 0.717) is 0 Å². The van der Waals surface area contributed by atoms with Gasteiger partial charge in [-0.1, -0.05) is 24.3 Å². The molecule has 0 saturated carbocycles. The Kier molecular flexibility index (Phi) is 2.07. The van der Waals surface area contributed by atoms with Gasteiger partial charge in [-0.3, -0.25) is 0 Å². The second-order valence-corrected chi connectivity index (χ2v) is 3.99. The van der Waals surface area contributed by atoms with Crippen molar-refractivity contribution < 1.29 is 16.8 Å². The molecule has 0 fully saturated rings. The molecule has 1 aliphatic heterocycles. The average Bonchev–Trinajstić information content (AvgIpc) is 2.27. The van der Waals surface area contributed by atoms with Crippen LogP contribution in [0.3, 0.4) is 0 Å². The van der Waals surface area contributed by atoms with Crippen LogP contribution in [-0.4, -0.2) is 8.42 Å². The largest absolute Gasteiger partial charge is 0.400 e. The van der Waals surface area contributed by atoms with Crippen LogP contribution in [0.2, 0.25) is 0 Å². The predicted octanol–water partition coefficient (Wildman–Crippen LogP) is 0.978. The van der Waals surface area contributed by atoms with Crippen molar-refractivity contribution >= 4 is 10.4 Å². The van der Waals surface area contributed by atoms with Gasteiger partial charge in [0.25, 0.3) is 0 Å². The molecule has 13 heavy (non-hydrogen) atoms. The summed E-state index contributed by atoms with van der Waals surface area (Å²) in [7, 11) is -3.79. The molecule has 2 rings (SSSR count). The van der Waals surface area contributed by atoms with Crippen molar-refractivity contribution in [1.82, 2.24) is 0 Å². The van der Waals surface area contributed by atoms with E-state index < -0.39 is 10.4 Å². The summed E-state index contributed by atoms with van der Waals surface area (Å²) in [6, 6.07) is 7.30. The molecule has 0 amide bonds. The van der Waals surface area contributed by atoms with Crippen LogP contribution < -0.4 is 0 Å². The van der Waals surface area contributed by atoms with E-state index in [9.17, 15) is 8.42 Å². The second-order valence-electron chi connectivity index (χ2n) is 2.70. The van der Waals surface area contributed by atoms with Gasteiger partial charge < -0.3 is 0 Å². The number of hydrogen-bond acceptors (Lipinski definition) is 4. The fraction of sp³-hybridized carbons (Fsp3) is 0.250. The molecule has 0 unspecified atom stereocenters. The van der Waals surface area contributed by atoms with E-state index >= 15 is 0 Å². The first-order valence-corrected chi connectivity index (χ1v) is 5.11. The van der Waals surface area contributed by atoms with Gasteiger partial charge in [0.15, 0.2) is 0 Å². The highest BCUT2D eigenvalue weighted by Gasteiger charge is 2.18. The van der Waals surface area contributed by atoms with Crippen molar-refractivity contribution in [1.29, 1.82) is 0 Å².